The molecule has 0 fully saturated rings. The Morgan fingerprint density at radius 3 is 2.55 bits per heavy atom. The molecule has 0 heterocycles. The lowest BCUT2D eigenvalue weighted by Crippen LogP contribution is -2.13. The van der Waals surface area contributed by atoms with Crippen LogP contribution in [0.2, 0.25) is 5.02 Å². The summed E-state index contributed by atoms with van der Waals surface area (Å²) in [5.41, 5.74) is 2.37. The van der Waals surface area contributed by atoms with E-state index in [0.717, 1.165) is 14.7 Å². The highest BCUT2D eigenvalue weighted by atomic mass is 127. The monoisotopic (exact) mass is 514 g/mol. The molecule has 0 saturated heterocycles. The lowest BCUT2D eigenvalue weighted by Gasteiger charge is -2.07. The molecule has 3 aromatic carbocycles. The molecule has 0 aliphatic carbocycles. The van der Waals surface area contributed by atoms with Crippen molar-refractivity contribution in [3.63, 3.8) is 0 Å². The van der Waals surface area contributed by atoms with E-state index in [2.05, 4.69) is 27.9 Å². The second-order valence-electron chi connectivity index (χ2n) is 6.12. The van der Waals surface area contributed by atoms with Gasteiger partial charge in [-0.2, -0.15) is 5.26 Å². The summed E-state index contributed by atoms with van der Waals surface area (Å²) in [5.74, 6) is 0.236. The van der Waals surface area contributed by atoms with Crippen molar-refractivity contribution in [3.05, 3.63) is 98.1 Å². The van der Waals surface area contributed by atoms with E-state index in [4.69, 9.17) is 16.3 Å². The van der Waals surface area contributed by atoms with E-state index >= 15 is 0 Å². The second kappa shape index (κ2) is 10.1. The van der Waals surface area contributed by atoms with E-state index in [-0.39, 0.29) is 5.57 Å². The van der Waals surface area contributed by atoms with Gasteiger partial charge in [0.1, 0.15) is 24.0 Å². The molecule has 1 N–H and O–H groups in total. The normalized spacial score (nSPS) is 10.9. The average Bonchev–Trinajstić information content (AvgIpc) is 2.71. The van der Waals surface area contributed by atoms with E-state index < -0.39 is 5.91 Å². The van der Waals surface area contributed by atoms with Crippen LogP contribution in [-0.4, -0.2) is 5.91 Å². The van der Waals surface area contributed by atoms with Crippen LogP contribution in [0.1, 0.15) is 11.1 Å². The number of hydrogen-bond acceptors (Lipinski definition) is 3. The number of nitriles is 1. The van der Waals surface area contributed by atoms with Gasteiger partial charge in [0.15, 0.2) is 0 Å². The summed E-state index contributed by atoms with van der Waals surface area (Å²) in [6.45, 7) is 0.400. The Kier molecular flexibility index (Phi) is 7.28. The zero-order valence-electron chi connectivity index (χ0n) is 15.2. The van der Waals surface area contributed by atoms with Gasteiger partial charge in [-0.15, -0.1) is 0 Å². The van der Waals surface area contributed by atoms with Crippen molar-refractivity contribution in [2.45, 2.75) is 6.61 Å². The molecule has 4 nitrogen and oxygen atoms in total. The fourth-order valence-electron chi connectivity index (χ4n) is 2.53. The van der Waals surface area contributed by atoms with E-state index in [1.807, 2.05) is 48.5 Å². The first-order chi connectivity index (χ1) is 14.0. The minimum Gasteiger partial charge on any atom is -0.489 e. The van der Waals surface area contributed by atoms with E-state index in [1.54, 1.807) is 36.4 Å². The van der Waals surface area contributed by atoms with Gasteiger partial charge in [-0.25, -0.2) is 0 Å². The van der Waals surface area contributed by atoms with Gasteiger partial charge in [0.05, 0.1) is 0 Å². The fraction of sp³-hybridized carbons (Fsp3) is 0.0435. The predicted molar refractivity (Wildman–Crippen MR) is 124 cm³/mol. The van der Waals surface area contributed by atoms with Crippen LogP contribution in [0.5, 0.6) is 5.75 Å². The molecule has 0 atom stereocenters. The van der Waals surface area contributed by atoms with Crippen molar-refractivity contribution in [3.8, 4) is 11.8 Å². The topological polar surface area (TPSA) is 62.1 Å². The van der Waals surface area contributed by atoms with E-state index in [1.165, 1.54) is 0 Å². The Bertz CT molecular complexity index is 1090. The van der Waals surface area contributed by atoms with Gasteiger partial charge in [0, 0.05) is 14.3 Å². The van der Waals surface area contributed by atoms with Crippen molar-refractivity contribution < 1.29 is 9.53 Å². The van der Waals surface area contributed by atoms with Crippen molar-refractivity contribution in [2.24, 2.45) is 0 Å². The third-order valence-electron chi connectivity index (χ3n) is 3.93. The molecule has 0 aliphatic rings. The molecule has 3 rings (SSSR count). The lowest BCUT2D eigenvalue weighted by atomic mass is 10.1. The number of hydrogen-bond donors (Lipinski definition) is 1. The summed E-state index contributed by atoms with van der Waals surface area (Å²) >= 11 is 8.14. The Morgan fingerprint density at radius 2 is 1.86 bits per heavy atom. The van der Waals surface area contributed by atoms with Gasteiger partial charge in [0.25, 0.3) is 5.91 Å². The number of carbonyl (C=O) groups is 1. The first-order valence-corrected chi connectivity index (χ1v) is 10.2. The number of rotatable bonds is 6. The number of anilines is 1. The Labute approximate surface area is 187 Å². The van der Waals surface area contributed by atoms with Crippen LogP contribution in [0.15, 0.2) is 78.4 Å². The SMILES string of the molecule is N#C/C(=C\c1ccc(OCc2cccc(Cl)c2)cc1)C(=O)Nc1cccc(I)c1. The van der Waals surface area contributed by atoms with Crippen LogP contribution in [0.25, 0.3) is 6.08 Å². The summed E-state index contributed by atoms with van der Waals surface area (Å²) in [6, 6.07) is 24.0. The van der Waals surface area contributed by atoms with Gasteiger partial charge in [-0.3, -0.25) is 4.79 Å². The Balaban J connectivity index is 1.65. The summed E-state index contributed by atoms with van der Waals surface area (Å²) in [4.78, 5) is 12.4. The van der Waals surface area contributed by atoms with Crippen molar-refractivity contribution >= 4 is 51.9 Å². The quantitative estimate of drug-likeness (QED) is 0.247. The molecular formula is C23H16ClIN2O2. The number of benzene rings is 3. The van der Waals surface area contributed by atoms with Gasteiger partial charge in [-0.05, 0) is 82.3 Å². The molecule has 1 amide bonds. The Hall–Kier alpha value is -2.82. The zero-order chi connectivity index (χ0) is 20.6. The minimum atomic E-state index is -0.448. The number of amides is 1. The van der Waals surface area contributed by atoms with Gasteiger partial charge < -0.3 is 10.1 Å². The molecule has 29 heavy (non-hydrogen) atoms. The van der Waals surface area contributed by atoms with Gasteiger partial charge in [-0.1, -0.05) is 41.9 Å². The van der Waals surface area contributed by atoms with Crippen molar-refractivity contribution in [2.75, 3.05) is 5.32 Å². The third-order valence-corrected chi connectivity index (χ3v) is 4.84. The molecule has 3 aromatic rings. The van der Waals surface area contributed by atoms with Crippen LogP contribution >= 0.6 is 34.2 Å². The highest BCUT2D eigenvalue weighted by molar-refractivity contribution is 14.1. The highest BCUT2D eigenvalue weighted by Gasteiger charge is 2.10. The maximum atomic E-state index is 12.4. The van der Waals surface area contributed by atoms with Crippen LogP contribution in [0.3, 0.4) is 0 Å². The smallest absolute Gasteiger partial charge is 0.266 e. The molecule has 6 heteroatoms. The van der Waals surface area contributed by atoms with Crippen LogP contribution in [0.4, 0.5) is 5.69 Å². The number of halogens is 2. The molecule has 0 unspecified atom stereocenters. The zero-order valence-corrected chi connectivity index (χ0v) is 18.1. The highest BCUT2D eigenvalue weighted by Crippen LogP contribution is 2.18. The number of nitrogens with zero attached hydrogens (tertiary/aromatic N) is 1. The summed E-state index contributed by atoms with van der Waals surface area (Å²) in [6.07, 6.45) is 1.55. The summed E-state index contributed by atoms with van der Waals surface area (Å²) in [7, 11) is 0. The van der Waals surface area contributed by atoms with Gasteiger partial charge in [0.2, 0.25) is 0 Å². The van der Waals surface area contributed by atoms with Crippen LogP contribution in [0, 0.1) is 14.9 Å². The number of ether oxygens (including phenoxy) is 1. The fourth-order valence-corrected chi connectivity index (χ4v) is 3.29. The van der Waals surface area contributed by atoms with Crippen molar-refractivity contribution in [1.29, 1.82) is 5.26 Å². The predicted octanol–water partition coefficient (Wildman–Crippen LogP) is 6.07. The Morgan fingerprint density at radius 1 is 1.10 bits per heavy atom. The molecule has 0 bridgehead atoms. The number of nitrogens with one attached hydrogen (secondary N) is 1. The average molecular weight is 515 g/mol. The number of carbonyl (C=O) groups excluding carboxylic acids is 1. The third kappa shape index (κ3) is 6.34. The molecule has 0 spiro atoms. The maximum Gasteiger partial charge on any atom is 0.266 e. The second-order valence-corrected chi connectivity index (χ2v) is 7.80. The van der Waals surface area contributed by atoms with E-state index in [0.29, 0.717) is 23.1 Å². The molecule has 0 aromatic heterocycles. The van der Waals surface area contributed by atoms with Gasteiger partial charge >= 0.3 is 0 Å². The van der Waals surface area contributed by atoms with Crippen LogP contribution in [-0.2, 0) is 11.4 Å². The first-order valence-electron chi connectivity index (χ1n) is 8.69. The molecule has 0 radical (unpaired) electrons. The minimum absolute atomic E-state index is 0.0245. The standard InChI is InChI=1S/C23H16ClIN2O2/c24-19-4-1-3-17(12-19)15-29-22-9-7-16(8-10-22)11-18(14-26)23(28)27-21-6-2-5-20(25)13-21/h1-13H,15H2,(H,27,28)/b18-11+. The molecular weight excluding hydrogens is 499 g/mol. The summed E-state index contributed by atoms with van der Waals surface area (Å²) < 4.78 is 6.74. The maximum absolute atomic E-state index is 12.4. The largest absolute Gasteiger partial charge is 0.489 e. The molecule has 0 aliphatic heterocycles. The van der Waals surface area contributed by atoms with Crippen LogP contribution < -0.4 is 10.1 Å². The van der Waals surface area contributed by atoms with E-state index in [9.17, 15) is 10.1 Å². The molecule has 144 valence electrons. The first kappa shape index (κ1) is 20.9. The lowest BCUT2D eigenvalue weighted by molar-refractivity contribution is -0.112. The summed E-state index contributed by atoms with van der Waals surface area (Å²) in [5, 5.41) is 12.8. The molecule has 0 saturated carbocycles. The van der Waals surface area contributed by atoms with Crippen molar-refractivity contribution in [1.82, 2.24) is 0 Å².